The van der Waals surface area contributed by atoms with E-state index in [9.17, 15) is 9.59 Å². The Morgan fingerprint density at radius 1 is 1.00 bits per heavy atom. The third-order valence-electron chi connectivity index (χ3n) is 5.06. The molecule has 1 unspecified atom stereocenters. The van der Waals surface area contributed by atoms with Gasteiger partial charge in [0.1, 0.15) is 18.1 Å². The molecule has 1 aliphatic heterocycles. The van der Waals surface area contributed by atoms with Crippen molar-refractivity contribution in [3.8, 4) is 5.75 Å². The molecule has 6 heteroatoms. The Bertz CT molecular complexity index is 1030. The first kappa shape index (κ1) is 19.8. The number of hydrogen-bond acceptors (Lipinski definition) is 5. The number of benzene rings is 2. The lowest BCUT2D eigenvalue weighted by Gasteiger charge is -2.30. The van der Waals surface area contributed by atoms with Crippen molar-refractivity contribution in [3.05, 3.63) is 89.4 Å². The van der Waals surface area contributed by atoms with Crippen LogP contribution in [-0.2, 0) is 29.1 Å². The molecule has 0 fully saturated rings. The second-order valence-electron chi connectivity index (χ2n) is 7.19. The van der Waals surface area contributed by atoms with Gasteiger partial charge >= 0.3 is 5.97 Å². The van der Waals surface area contributed by atoms with Crippen molar-refractivity contribution in [2.45, 2.75) is 32.6 Å². The van der Waals surface area contributed by atoms with Crippen LogP contribution in [0.5, 0.6) is 5.75 Å². The van der Waals surface area contributed by atoms with Crippen molar-refractivity contribution in [1.29, 1.82) is 0 Å². The molecule has 1 aliphatic rings. The van der Waals surface area contributed by atoms with Crippen LogP contribution in [0.25, 0.3) is 0 Å². The van der Waals surface area contributed by atoms with Crippen LogP contribution >= 0.6 is 0 Å². The van der Waals surface area contributed by atoms with Crippen LogP contribution in [0.4, 0.5) is 0 Å². The van der Waals surface area contributed by atoms with Gasteiger partial charge in [-0.25, -0.2) is 4.79 Å². The Hall–Kier alpha value is -3.54. The van der Waals surface area contributed by atoms with Gasteiger partial charge < -0.3 is 18.8 Å². The fourth-order valence-electron chi connectivity index (χ4n) is 3.45. The summed E-state index contributed by atoms with van der Waals surface area (Å²) >= 11 is 0. The molecule has 6 nitrogen and oxygen atoms in total. The van der Waals surface area contributed by atoms with Gasteiger partial charge in [0, 0.05) is 13.1 Å². The minimum absolute atomic E-state index is 0.0466. The Kier molecular flexibility index (Phi) is 5.84. The highest BCUT2D eigenvalue weighted by atomic mass is 16.6. The highest BCUT2D eigenvalue weighted by molar-refractivity contribution is 5.90. The van der Waals surface area contributed by atoms with Crippen molar-refractivity contribution in [2.75, 3.05) is 6.54 Å². The monoisotopic (exact) mass is 405 g/mol. The summed E-state index contributed by atoms with van der Waals surface area (Å²) in [5.74, 6) is 0.374. The van der Waals surface area contributed by atoms with Gasteiger partial charge in [0.25, 0.3) is 5.91 Å². The molecular formula is C24H23NO5. The molecule has 1 atom stereocenters. The highest BCUT2D eigenvalue weighted by Gasteiger charge is 2.28. The van der Waals surface area contributed by atoms with Gasteiger partial charge in [-0.2, -0.15) is 0 Å². The number of ether oxygens (including phenoxy) is 2. The summed E-state index contributed by atoms with van der Waals surface area (Å²) in [7, 11) is 0. The third kappa shape index (κ3) is 4.54. The number of furan rings is 1. The molecule has 0 spiro atoms. The zero-order valence-electron chi connectivity index (χ0n) is 16.7. The van der Waals surface area contributed by atoms with E-state index in [1.165, 1.54) is 11.6 Å². The number of esters is 1. The predicted octanol–water partition coefficient (Wildman–Crippen LogP) is 3.99. The average Bonchev–Trinajstić information content (AvgIpc) is 3.27. The SMILES string of the molecule is CC(OC(=O)c1ccc(COc2ccccc2)o1)C(=O)N1CCc2ccccc2C1. The number of nitrogens with zero attached hydrogens (tertiary/aromatic N) is 1. The number of hydrogen-bond donors (Lipinski definition) is 0. The second kappa shape index (κ2) is 8.86. The normalized spacial score (nSPS) is 14.0. The van der Waals surface area contributed by atoms with E-state index < -0.39 is 12.1 Å². The highest BCUT2D eigenvalue weighted by Crippen LogP contribution is 2.20. The smallest absolute Gasteiger partial charge is 0.375 e. The van der Waals surface area contributed by atoms with Gasteiger partial charge in [-0.3, -0.25) is 4.79 Å². The topological polar surface area (TPSA) is 69.0 Å². The van der Waals surface area contributed by atoms with Crippen molar-refractivity contribution in [1.82, 2.24) is 4.90 Å². The third-order valence-corrected chi connectivity index (χ3v) is 5.06. The number of carbonyl (C=O) groups is 2. The summed E-state index contributed by atoms with van der Waals surface area (Å²) in [5, 5.41) is 0. The van der Waals surface area contributed by atoms with Crippen LogP contribution in [0.2, 0.25) is 0 Å². The summed E-state index contributed by atoms with van der Waals surface area (Å²) in [5.41, 5.74) is 2.39. The van der Waals surface area contributed by atoms with Crippen LogP contribution in [0, 0.1) is 0 Å². The maximum absolute atomic E-state index is 12.7. The molecule has 30 heavy (non-hydrogen) atoms. The Morgan fingerprint density at radius 3 is 2.53 bits per heavy atom. The van der Waals surface area contributed by atoms with Crippen molar-refractivity contribution in [2.24, 2.45) is 0 Å². The van der Waals surface area contributed by atoms with Gasteiger partial charge in [0.05, 0.1) is 0 Å². The zero-order chi connectivity index (χ0) is 20.9. The second-order valence-corrected chi connectivity index (χ2v) is 7.19. The summed E-state index contributed by atoms with van der Waals surface area (Å²) in [6.45, 7) is 2.92. The Balaban J connectivity index is 1.31. The first-order valence-electron chi connectivity index (χ1n) is 9.93. The van der Waals surface area contributed by atoms with Crippen LogP contribution in [0.3, 0.4) is 0 Å². The zero-order valence-corrected chi connectivity index (χ0v) is 16.7. The quantitative estimate of drug-likeness (QED) is 0.580. The molecule has 0 saturated heterocycles. The standard InChI is InChI=1S/C24H23NO5/c1-17(23(26)25-14-13-18-7-5-6-8-19(18)15-25)29-24(27)22-12-11-21(30-22)16-28-20-9-3-2-4-10-20/h2-12,17H,13-16H2,1H3. The maximum atomic E-state index is 12.7. The van der Waals surface area contributed by atoms with E-state index in [2.05, 4.69) is 6.07 Å². The van der Waals surface area contributed by atoms with Crippen molar-refractivity contribution < 1.29 is 23.5 Å². The minimum Gasteiger partial charge on any atom is -0.486 e. The van der Waals surface area contributed by atoms with Crippen molar-refractivity contribution >= 4 is 11.9 Å². The van der Waals surface area contributed by atoms with Crippen LogP contribution in [0.15, 0.2) is 71.1 Å². The molecule has 0 aliphatic carbocycles. The number of rotatable bonds is 6. The van der Waals surface area contributed by atoms with E-state index in [4.69, 9.17) is 13.9 Å². The van der Waals surface area contributed by atoms with Crippen molar-refractivity contribution in [3.63, 3.8) is 0 Å². The molecule has 2 heterocycles. The van der Waals surface area contributed by atoms with Gasteiger partial charge in [0.2, 0.25) is 5.76 Å². The molecule has 1 aromatic heterocycles. The lowest BCUT2D eigenvalue weighted by molar-refractivity contribution is -0.140. The van der Waals surface area contributed by atoms with E-state index in [-0.39, 0.29) is 18.3 Å². The fraction of sp³-hybridized carbons (Fsp3) is 0.250. The summed E-state index contributed by atoms with van der Waals surface area (Å²) < 4.78 is 16.5. The molecule has 0 saturated carbocycles. The fourth-order valence-corrected chi connectivity index (χ4v) is 3.45. The largest absolute Gasteiger partial charge is 0.486 e. The van der Waals surface area contributed by atoms with E-state index >= 15 is 0 Å². The summed E-state index contributed by atoms with van der Waals surface area (Å²) in [6, 6.07) is 20.6. The predicted molar refractivity (Wildman–Crippen MR) is 110 cm³/mol. The molecule has 154 valence electrons. The molecule has 3 aromatic rings. The molecule has 4 rings (SSSR count). The summed E-state index contributed by atoms with van der Waals surface area (Å²) in [4.78, 5) is 26.9. The van der Waals surface area contributed by atoms with Gasteiger partial charge in [-0.05, 0) is 48.7 Å². The molecule has 0 radical (unpaired) electrons. The Labute approximate surface area is 175 Å². The molecule has 0 bridgehead atoms. The molecule has 1 amide bonds. The van der Waals surface area contributed by atoms with E-state index in [0.29, 0.717) is 24.6 Å². The van der Waals surface area contributed by atoms with Gasteiger partial charge in [-0.1, -0.05) is 42.5 Å². The molecule has 0 N–H and O–H groups in total. The molecular weight excluding hydrogens is 382 g/mol. The lowest BCUT2D eigenvalue weighted by Crippen LogP contribution is -2.42. The number of fused-ring (bicyclic) bond motifs is 1. The maximum Gasteiger partial charge on any atom is 0.375 e. The Morgan fingerprint density at radius 2 is 1.73 bits per heavy atom. The molecule has 2 aromatic carbocycles. The van der Waals surface area contributed by atoms with E-state index in [0.717, 1.165) is 12.0 Å². The summed E-state index contributed by atoms with van der Waals surface area (Å²) in [6.07, 6.45) is -0.0946. The van der Waals surface area contributed by atoms with Gasteiger partial charge in [-0.15, -0.1) is 0 Å². The van der Waals surface area contributed by atoms with Crippen LogP contribution < -0.4 is 4.74 Å². The minimum atomic E-state index is -0.892. The van der Waals surface area contributed by atoms with Gasteiger partial charge in [0.15, 0.2) is 6.10 Å². The number of carbonyl (C=O) groups excluding carboxylic acids is 2. The average molecular weight is 405 g/mol. The number of amides is 1. The lowest BCUT2D eigenvalue weighted by atomic mass is 9.99. The van der Waals surface area contributed by atoms with Crippen LogP contribution in [0.1, 0.15) is 34.4 Å². The first-order valence-corrected chi connectivity index (χ1v) is 9.93. The van der Waals surface area contributed by atoms with E-state index in [1.807, 2.05) is 48.5 Å². The number of para-hydroxylation sites is 1. The first-order chi connectivity index (χ1) is 14.6. The van der Waals surface area contributed by atoms with E-state index in [1.54, 1.807) is 17.9 Å². The van der Waals surface area contributed by atoms with Crippen LogP contribution in [-0.4, -0.2) is 29.4 Å².